The summed E-state index contributed by atoms with van der Waals surface area (Å²) in [7, 11) is 0. The number of hydrogen-bond donors (Lipinski definition) is 3. The molecule has 2 heterocycles. The summed E-state index contributed by atoms with van der Waals surface area (Å²) in [5.74, 6) is 1.05. The summed E-state index contributed by atoms with van der Waals surface area (Å²) in [5, 5.41) is 3.69. The smallest absolute Gasteiger partial charge is 0.240 e. The molecule has 1 aromatic carbocycles. The van der Waals surface area contributed by atoms with Crippen LogP contribution in [0, 0.1) is 0 Å². The Morgan fingerprint density at radius 1 is 1.27 bits per heavy atom. The quantitative estimate of drug-likeness (QED) is 0.753. The zero-order valence-corrected chi connectivity index (χ0v) is 15.4. The van der Waals surface area contributed by atoms with Gasteiger partial charge in [0.05, 0.1) is 11.6 Å². The van der Waals surface area contributed by atoms with E-state index in [1.54, 1.807) is 6.07 Å². The van der Waals surface area contributed by atoms with E-state index in [4.69, 9.17) is 23.1 Å². The number of benzene rings is 1. The molecule has 5 N–H and O–H groups in total. The average molecular weight is 375 g/mol. The molecular formula is C18H23ClN6O. The second kappa shape index (κ2) is 7.47. The minimum atomic E-state index is -0.893. The van der Waals surface area contributed by atoms with Gasteiger partial charge in [-0.25, -0.2) is 9.97 Å². The van der Waals surface area contributed by atoms with Crippen LogP contribution in [0.15, 0.2) is 36.7 Å². The molecule has 0 radical (unpaired) electrons. The third kappa shape index (κ3) is 4.05. The van der Waals surface area contributed by atoms with Gasteiger partial charge in [0.1, 0.15) is 18.0 Å². The van der Waals surface area contributed by atoms with Crippen molar-refractivity contribution in [2.24, 2.45) is 5.73 Å². The molecule has 26 heavy (non-hydrogen) atoms. The van der Waals surface area contributed by atoms with Gasteiger partial charge in [-0.05, 0) is 37.5 Å². The summed E-state index contributed by atoms with van der Waals surface area (Å²) >= 11 is 5.91. The van der Waals surface area contributed by atoms with E-state index < -0.39 is 5.54 Å². The van der Waals surface area contributed by atoms with Gasteiger partial charge in [0.15, 0.2) is 0 Å². The number of halogens is 1. The highest BCUT2D eigenvalue weighted by molar-refractivity contribution is 6.30. The fraction of sp³-hybridized carbons (Fsp3) is 0.389. The van der Waals surface area contributed by atoms with Crippen LogP contribution in [0.1, 0.15) is 31.4 Å². The summed E-state index contributed by atoms with van der Waals surface area (Å²) in [6.45, 7) is 3.20. The number of nitrogens with two attached hydrogens (primary N) is 2. The Morgan fingerprint density at radius 3 is 2.54 bits per heavy atom. The van der Waals surface area contributed by atoms with E-state index >= 15 is 0 Å². The fourth-order valence-electron chi connectivity index (χ4n) is 3.07. The Bertz CT molecular complexity index is 774. The second-order valence-corrected chi connectivity index (χ2v) is 7.13. The lowest BCUT2D eigenvalue weighted by atomic mass is 9.87. The summed E-state index contributed by atoms with van der Waals surface area (Å²) in [5.41, 5.74) is 12.2. The van der Waals surface area contributed by atoms with Gasteiger partial charge in [-0.15, -0.1) is 0 Å². The highest BCUT2D eigenvalue weighted by atomic mass is 35.5. The van der Waals surface area contributed by atoms with Crippen LogP contribution in [0.2, 0.25) is 5.02 Å². The number of anilines is 2. The normalized spacial score (nSPS) is 17.6. The summed E-state index contributed by atoms with van der Waals surface area (Å²) < 4.78 is 0. The highest BCUT2D eigenvalue weighted by Crippen LogP contribution is 2.25. The number of nitrogens with one attached hydrogen (secondary N) is 1. The predicted molar refractivity (Wildman–Crippen MR) is 103 cm³/mol. The molecule has 3 rings (SSSR count). The van der Waals surface area contributed by atoms with Gasteiger partial charge < -0.3 is 21.7 Å². The molecule has 1 aliphatic heterocycles. The van der Waals surface area contributed by atoms with Gasteiger partial charge in [0.2, 0.25) is 5.91 Å². The van der Waals surface area contributed by atoms with Crippen molar-refractivity contribution in [1.82, 2.24) is 15.3 Å². The van der Waals surface area contributed by atoms with E-state index in [9.17, 15) is 4.79 Å². The fourth-order valence-corrected chi connectivity index (χ4v) is 3.20. The first kappa shape index (κ1) is 18.4. The van der Waals surface area contributed by atoms with Crippen LogP contribution in [0.25, 0.3) is 0 Å². The molecule has 1 aromatic heterocycles. The van der Waals surface area contributed by atoms with Crippen molar-refractivity contribution in [2.45, 2.75) is 31.3 Å². The molecule has 138 valence electrons. The van der Waals surface area contributed by atoms with Crippen LogP contribution in [-0.2, 0) is 4.79 Å². The van der Waals surface area contributed by atoms with E-state index in [0.29, 0.717) is 36.8 Å². The second-order valence-electron chi connectivity index (χ2n) is 6.69. The van der Waals surface area contributed by atoms with Crippen molar-refractivity contribution in [3.63, 3.8) is 0 Å². The molecule has 1 saturated heterocycles. The molecule has 0 bridgehead atoms. The Morgan fingerprint density at radius 2 is 1.92 bits per heavy atom. The van der Waals surface area contributed by atoms with Crippen LogP contribution in [0.3, 0.4) is 0 Å². The third-order valence-corrected chi connectivity index (χ3v) is 5.08. The van der Waals surface area contributed by atoms with Crippen LogP contribution >= 0.6 is 11.6 Å². The lowest BCUT2D eigenvalue weighted by molar-refractivity contribution is -0.127. The van der Waals surface area contributed by atoms with Crippen molar-refractivity contribution < 1.29 is 4.79 Å². The molecular weight excluding hydrogens is 352 g/mol. The van der Waals surface area contributed by atoms with Gasteiger partial charge in [0.25, 0.3) is 0 Å². The summed E-state index contributed by atoms with van der Waals surface area (Å²) in [6, 6.07) is 9.01. The molecule has 2 aromatic rings. The first-order chi connectivity index (χ1) is 12.4. The zero-order chi connectivity index (χ0) is 18.7. The Labute approximate surface area is 157 Å². The molecule has 7 nitrogen and oxygen atoms in total. The van der Waals surface area contributed by atoms with Crippen LogP contribution in [0.4, 0.5) is 11.6 Å². The number of aromatic nitrogens is 2. The Balaban J connectivity index is 1.60. The number of nitrogen functional groups attached to an aromatic ring is 1. The number of piperidine rings is 1. The number of hydrogen-bond acceptors (Lipinski definition) is 6. The molecule has 0 saturated carbocycles. The summed E-state index contributed by atoms with van der Waals surface area (Å²) in [6.07, 6.45) is 2.52. The maximum Gasteiger partial charge on any atom is 0.240 e. The number of rotatable bonds is 4. The maximum atomic E-state index is 12.7. The summed E-state index contributed by atoms with van der Waals surface area (Å²) in [4.78, 5) is 22.9. The zero-order valence-electron chi connectivity index (χ0n) is 14.7. The van der Waals surface area contributed by atoms with Crippen LogP contribution in [0.5, 0.6) is 0 Å². The van der Waals surface area contributed by atoms with E-state index in [0.717, 1.165) is 11.4 Å². The predicted octanol–water partition coefficient (Wildman–Crippen LogP) is 1.89. The van der Waals surface area contributed by atoms with Gasteiger partial charge in [0, 0.05) is 24.2 Å². The van der Waals surface area contributed by atoms with Gasteiger partial charge >= 0.3 is 0 Å². The standard InChI is InChI=1S/C18H23ClN6O/c1-12(13-2-4-14(19)5-3-13)24-17(26)18(21)6-8-25(9-7-18)16-10-15(20)22-11-23-16/h2-5,10-12H,6-9,21H2,1H3,(H,24,26)(H2,20,22,23)/t12-/m0/s1. The highest BCUT2D eigenvalue weighted by Gasteiger charge is 2.38. The Kier molecular flexibility index (Phi) is 5.29. The monoisotopic (exact) mass is 374 g/mol. The number of amides is 1. The van der Waals surface area contributed by atoms with Gasteiger partial charge in [-0.2, -0.15) is 0 Å². The van der Waals surface area contributed by atoms with Gasteiger partial charge in [-0.3, -0.25) is 4.79 Å². The van der Waals surface area contributed by atoms with Crippen molar-refractivity contribution in [3.8, 4) is 0 Å². The van der Waals surface area contributed by atoms with Gasteiger partial charge in [-0.1, -0.05) is 23.7 Å². The maximum absolute atomic E-state index is 12.7. The molecule has 8 heteroatoms. The first-order valence-corrected chi connectivity index (χ1v) is 8.93. The van der Waals surface area contributed by atoms with Crippen LogP contribution < -0.4 is 21.7 Å². The lowest BCUT2D eigenvalue weighted by Crippen LogP contribution is -2.60. The Hall–Kier alpha value is -2.38. The number of carbonyl (C=O) groups is 1. The molecule has 1 fully saturated rings. The largest absolute Gasteiger partial charge is 0.384 e. The topological polar surface area (TPSA) is 110 Å². The third-order valence-electron chi connectivity index (χ3n) is 4.82. The molecule has 0 aliphatic carbocycles. The first-order valence-electron chi connectivity index (χ1n) is 8.55. The molecule has 1 aliphatic rings. The average Bonchev–Trinajstić information content (AvgIpc) is 2.63. The van der Waals surface area contributed by atoms with E-state index in [1.165, 1.54) is 6.33 Å². The van der Waals surface area contributed by atoms with Crippen molar-refractivity contribution in [1.29, 1.82) is 0 Å². The minimum Gasteiger partial charge on any atom is -0.384 e. The molecule has 0 spiro atoms. The van der Waals surface area contributed by atoms with E-state index in [1.807, 2.05) is 31.2 Å². The van der Waals surface area contributed by atoms with E-state index in [2.05, 4.69) is 20.2 Å². The number of nitrogens with zero attached hydrogens (tertiary/aromatic N) is 3. The van der Waals surface area contributed by atoms with Crippen molar-refractivity contribution >= 4 is 29.1 Å². The molecule has 0 unspecified atom stereocenters. The lowest BCUT2D eigenvalue weighted by Gasteiger charge is -2.39. The minimum absolute atomic E-state index is 0.137. The van der Waals surface area contributed by atoms with E-state index in [-0.39, 0.29) is 11.9 Å². The van der Waals surface area contributed by atoms with Crippen LogP contribution in [-0.4, -0.2) is 34.5 Å². The molecule has 1 atom stereocenters. The van der Waals surface area contributed by atoms with Crippen molar-refractivity contribution in [2.75, 3.05) is 23.7 Å². The van der Waals surface area contributed by atoms with Crippen molar-refractivity contribution in [3.05, 3.63) is 47.2 Å². The SMILES string of the molecule is C[C@H](NC(=O)C1(N)CCN(c2cc(N)ncn2)CC1)c1ccc(Cl)cc1. The number of carbonyl (C=O) groups excluding carboxylic acids is 1. The molecule has 1 amide bonds.